The molecule has 1 saturated heterocycles. The molecular weight excluding hydrogens is 457 g/mol. The summed E-state index contributed by atoms with van der Waals surface area (Å²) in [6.07, 6.45) is -3.84. The number of carbonyl (C=O) groups is 2. The molecule has 34 heavy (non-hydrogen) atoms. The molecule has 0 bridgehead atoms. The molecule has 1 aliphatic rings. The summed E-state index contributed by atoms with van der Waals surface area (Å²) >= 11 is 0. The van der Waals surface area contributed by atoms with Crippen LogP contribution in [0.2, 0.25) is 0 Å². The van der Waals surface area contributed by atoms with Gasteiger partial charge in [-0.1, -0.05) is 0 Å². The number of aromatic nitrogens is 1. The molecular formula is C22H21F3N4O5. The monoisotopic (exact) mass is 478 g/mol. The maximum absolute atomic E-state index is 13.2. The summed E-state index contributed by atoms with van der Waals surface area (Å²) in [5.74, 6) is -0.862. The molecule has 0 radical (unpaired) electrons. The Morgan fingerprint density at radius 3 is 2.74 bits per heavy atom. The van der Waals surface area contributed by atoms with Gasteiger partial charge < -0.3 is 30.2 Å². The van der Waals surface area contributed by atoms with Crippen LogP contribution in [-0.2, 0) is 11.0 Å². The number of amides is 2. The van der Waals surface area contributed by atoms with Crippen LogP contribution in [0.3, 0.4) is 0 Å². The molecule has 0 saturated carbocycles. The Bertz CT molecular complexity index is 1240. The highest BCUT2D eigenvalue weighted by Crippen LogP contribution is 2.37. The van der Waals surface area contributed by atoms with E-state index in [1.54, 1.807) is 25.1 Å². The Kier molecular flexibility index (Phi) is 6.09. The molecule has 0 aliphatic carbocycles. The first-order valence-corrected chi connectivity index (χ1v) is 10.3. The molecule has 1 atom stereocenters. The maximum Gasteiger partial charge on any atom is 0.435 e. The van der Waals surface area contributed by atoms with Crippen molar-refractivity contribution in [2.24, 2.45) is 5.73 Å². The SMILES string of the molecule is Cc1oc2ccc(OC3CN(c4cccnc4C(F)(F)F)C3)cc2c1C(=O)N[C@@H](CO)C(N)=O. The van der Waals surface area contributed by atoms with Gasteiger partial charge in [0.05, 0.1) is 30.9 Å². The first-order valence-electron chi connectivity index (χ1n) is 10.3. The normalized spacial score (nSPS) is 15.1. The molecule has 4 N–H and O–H groups in total. The summed E-state index contributed by atoms with van der Waals surface area (Å²) < 4.78 is 51.1. The van der Waals surface area contributed by atoms with E-state index in [1.165, 1.54) is 17.0 Å². The van der Waals surface area contributed by atoms with Crippen LogP contribution in [0.4, 0.5) is 18.9 Å². The van der Waals surface area contributed by atoms with Crippen LogP contribution in [0.5, 0.6) is 5.75 Å². The Hall–Kier alpha value is -3.80. The average Bonchev–Trinajstić information content (AvgIpc) is 3.08. The standard InChI is InChI=1S/C22H21F3N4O5/c1-11-18(21(32)28-15(10-30)20(26)31)14-7-12(4-5-17(14)33-11)34-13-8-29(9-13)16-3-2-6-27-19(16)22(23,24)25/h2-7,13,15,30H,8-10H2,1H3,(H2,26,31)(H,28,32)/t15-/m0/s1. The number of ether oxygens (including phenoxy) is 1. The molecule has 2 aromatic heterocycles. The minimum absolute atomic E-state index is 0.0115. The number of nitrogens with one attached hydrogen (secondary N) is 1. The summed E-state index contributed by atoms with van der Waals surface area (Å²) in [5.41, 5.74) is 4.75. The zero-order chi connectivity index (χ0) is 24.6. The molecule has 0 unspecified atom stereocenters. The molecule has 1 fully saturated rings. The van der Waals surface area contributed by atoms with Crippen LogP contribution >= 0.6 is 0 Å². The Balaban J connectivity index is 1.49. The number of nitrogens with zero attached hydrogens (tertiary/aromatic N) is 2. The second-order valence-corrected chi connectivity index (χ2v) is 7.82. The summed E-state index contributed by atoms with van der Waals surface area (Å²) in [6, 6.07) is 6.36. The zero-order valence-electron chi connectivity index (χ0n) is 17.9. The third-order valence-corrected chi connectivity index (χ3v) is 5.44. The van der Waals surface area contributed by atoms with Gasteiger partial charge >= 0.3 is 6.18 Å². The van der Waals surface area contributed by atoms with E-state index in [4.69, 9.17) is 14.9 Å². The molecule has 0 spiro atoms. The number of aliphatic hydroxyl groups is 1. The average molecular weight is 478 g/mol. The number of carbonyl (C=O) groups excluding carboxylic acids is 2. The van der Waals surface area contributed by atoms with Gasteiger partial charge in [0.2, 0.25) is 5.91 Å². The number of pyridine rings is 1. The molecule has 12 heteroatoms. The van der Waals surface area contributed by atoms with Crippen LogP contribution in [0.1, 0.15) is 21.8 Å². The van der Waals surface area contributed by atoms with Crippen molar-refractivity contribution in [2.75, 3.05) is 24.6 Å². The number of nitrogens with two attached hydrogens (primary N) is 1. The van der Waals surface area contributed by atoms with Gasteiger partial charge in [-0.2, -0.15) is 13.2 Å². The molecule has 1 aliphatic heterocycles. The summed E-state index contributed by atoms with van der Waals surface area (Å²) in [5, 5.41) is 12.0. The largest absolute Gasteiger partial charge is 0.487 e. The van der Waals surface area contributed by atoms with Gasteiger partial charge in [-0.05, 0) is 37.3 Å². The molecule has 9 nitrogen and oxygen atoms in total. The lowest BCUT2D eigenvalue weighted by atomic mass is 10.1. The van der Waals surface area contributed by atoms with Crippen LogP contribution in [0.15, 0.2) is 40.9 Å². The van der Waals surface area contributed by atoms with Crippen molar-refractivity contribution >= 4 is 28.5 Å². The third-order valence-electron chi connectivity index (χ3n) is 5.44. The van der Waals surface area contributed by atoms with Crippen molar-refractivity contribution in [2.45, 2.75) is 25.2 Å². The lowest BCUT2D eigenvalue weighted by molar-refractivity contribution is -0.140. The second-order valence-electron chi connectivity index (χ2n) is 7.82. The highest BCUT2D eigenvalue weighted by Gasteiger charge is 2.40. The number of rotatable bonds is 7. The highest BCUT2D eigenvalue weighted by molar-refractivity contribution is 6.08. The number of halogens is 3. The molecule has 180 valence electrons. The van der Waals surface area contributed by atoms with Crippen molar-refractivity contribution in [1.29, 1.82) is 0 Å². The fourth-order valence-corrected chi connectivity index (χ4v) is 3.76. The molecule has 3 aromatic rings. The quantitative estimate of drug-likeness (QED) is 0.473. The van der Waals surface area contributed by atoms with E-state index in [9.17, 15) is 27.9 Å². The number of hydrogen-bond donors (Lipinski definition) is 3. The summed E-state index contributed by atoms with van der Waals surface area (Å²) in [4.78, 5) is 29.0. The molecule has 2 amide bonds. The number of aliphatic hydroxyl groups excluding tert-OH is 1. The minimum atomic E-state index is -4.56. The lowest BCUT2D eigenvalue weighted by Crippen LogP contribution is -2.54. The Morgan fingerprint density at radius 1 is 1.35 bits per heavy atom. The van der Waals surface area contributed by atoms with E-state index in [2.05, 4.69) is 10.3 Å². The zero-order valence-corrected chi connectivity index (χ0v) is 17.9. The van der Waals surface area contributed by atoms with Gasteiger partial charge in [0.15, 0.2) is 5.69 Å². The van der Waals surface area contributed by atoms with E-state index in [-0.39, 0.29) is 36.2 Å². The predicted molar refractivity (Wildman–Crippen MR) is 114 cm³/mol. The van der Waals surface area contributed by atoms with Gasteiger partial charge in [0.25, 0.3) is 5.91 Å². The molecule has 1 aromatic carbocycles. The summed E-state index contributed by atoms with van der Waals surface area (Å²) in [6.45, 7) is 1.36. The second kappa shape index (κ2) is 8.86. The van der Waals surface area contributed by atoms with Crippen molar-refractivity contribution in [3.63, 3.8) is 0 Å². The maximum atomic E-state index is 13.2. The fourth-order valence-electron chi connectivity index (χ4n) is 3.76. The molecule has 3 heterocycles. The van der Waals surface area contributed by atoms with Crippen LogP contribution in [-0.4, -0.2) is 53.7 Å². The smallest absolute Gasteiger partial charge is 0.435 e. The van der Waals surface area contributed by atoms with Crippen molar-refractivity contribution < 1.29 is 37.0 Å². The van der Waals surface area contributed by atoms with E-state index in [1.807, 2.05) is 0 Å². The number of benzene rings is 1. The lowest BCUT2D eigenvalue weighted by Gasteiger charge is -2.41. The van der Waals surface area contributed by atoms with Crippen LogP contribution in [0.25, 0.3) is 11.0 Å². The first kappa shape index (κ1) is 23.4. The third kappa shape index (κ3) is 4.49. The van der Waals surface area contributed by atoms with Gasteiger partial charge in [-0.25, -0.2) is 4.98 Å². The van der Waals surface area contributed by atoms with Gasteiger partial charge in [-0.3, -0.25) is 9.59 Å². The molecule has 4 rings (SSSR count). The first-order chi connectivity index (χ1) is 16.1. The Labute approximate surface area is 191 Å². The number of primary amides is 1. The van der Waals surface area contributed by atoms with E-state index < -0.39 is 36.3 Å². The number of anilines is 1. The number of hydrogen-bond acceptors (Lipinski definition) is 7. The van der Waals surface area contributed by atoms with Crippen molar-refractivity contribution in [1.82, 2.24) is 10.3 Å². The predicted octanol–water partition coefficient (Wildman–Crippen LogP) is 2.00. The number of aryl methyl sites for hydroxylation is 1. The van der Waals surface area contributed by atoms with E-state index in [0.717, 1.165) is 6.20 Å². The van der Waals surface area contributed by atoms with Crippen LogP contribution < -0.4 is 20.7 Å². The summed E-state index contributed by atoms with van der Waals surface area (Å²) in [7, 11) is 0. The van der Waals surface area contributed by atoms with Gasteiger partial charge in [0.1, 0.15) is 29.2 Å². The number of alkyl halides is 3. The Morgan fingerprint density at radius 2 is 2.09 bits per heavy atom. The van der Waals surface area contributed by atoms with E-state index >= 15 is 0 Å². The number of fused-ring (bicyclic) bond motifs is 1. The van der Waals surface area contributed by atoms with Crippen LogP contribution in [0, 0.1) is 6.92 Å². The van der Waals surface area contributed by atoms with Gasteiger partial charge in [0, 0.05) is 11.6 Å². The highest BCUT2D eigenvalue weighted by atomic mass is 19.4. The fraction of sp³-hybridized carbons (Fsp3) is 0.318. The minimum Gasteiger partial charge on any atom is -0.487 e. The van der Waals surface area contributed by atoms with Crippen molar-refractivity contribution in [3.8, 4) is 5.75 Å². The van der Waals surface area contributed by atoms with E-state index in [0.29, 0.717) is 16.7 Å². The topological polar surface area (TPSA) is 131 Å². The number of furan rings is 1. The van der Waals surface area contributed by atoms with Crippen molar-refractivity contribution in [3.05, 3.63) is 53.5 Å². The van der Waals surface area contributed by atoms with Gasteiger partial charge in [-0.15, -0.1) is 0 Å².